The minimum atomic E-state index is -0.825. The van der Waals surface area contributed by atoms with Gasteiger partial charge in [0.05, 0.1) is 5.41 Å². The van der Waals surface area contributed by atoms with Gasteiger partial charge in [0.1, 0.15) is 0 Å². The number of carbonyl (C=O) groups excluding carboxylic acids is 1. The van der Waals surface area contributed by atoms with E-state index in [1.54, 1.807) is 18.1 Å². The van der Waals surface area contributed by atoms with Crippen molar-refractivity contribution in [1.82, 2.24) is 15.2 Å². The molecule has 0 unspecified atom stereocenters. The van der Waals surface area contributed by atoms with Crippen LogP contribution in [0.5, 0.6) is 0 Å². The average molecular weight is 277 g/mol. The first-order valence-electron chi connectivity index (χ1n) is 6.66. The van der Waals surface area contributed by atoms with Gasteiger partial charge in [-0.2, -0.15) is 0 Å². The van der Waals surface area contributed by atoms with E-state index in [1.165, 1.54) is 0 Å². The molecule has 0 aliphatic heterocycles. The second-order valence-electron chi connectivity index (χ2n) is 5.24. The summed E-state index contributed by atoms with van der Waals surface area (Å²) in [6.07, 6.45) is 3.68. The number of nitrogens with one attached hydrogen (secondary N) is 1. The van der Waals surface area contributed by atoms with Crippen LogP contribution in [-0.2, 0) is 11.2 Å². The number of urea groups is 1. The van der Waals surface area contributed by atoms with Gasteiger partial charge in [-0.25, -0.2) is 4.79 Å². The topological polar surface area (TPSA) is 82.5 Å². The Kier molecular flexibility index (Phi) is 4.22. The molecule has 2 amide bonds. The lowest BCUT2D eigenvalue weighted by atomic mass is 10.1. The standard InChI is InChI=1S/C14H19N3O3/c1-17(9-5-11-4-2-3-8-15-11)13(20)16-10-14(6-7-14)12(18)19/h2-4,8H,5-7,9-10H2,1H3,(H,16,20)(H,18,19). The Balaban J connectivity index is 1.74. The van der Waals surface area contributed by atoms with Crippen LogP contribution in [0.15, 0.2) is 24.4 Å². The molecule has 0 spiro atoms. The lowest BCUT2D eigenvalue weighted by Gasteiger charge is -2.19. The number of carbonyl (C=O) groups is 2. The van der Waals surface area contributed by atoms with Gasteiger partial charge in [0.15, 0.2) is 0 Å². The summed E-state index contributed by atoms with van der Waals surface area (Å²) >= 11 is 0. The maximum absolute atomic E-state index is 11.9. The number of nitrogens with zero attached hydrogens (tertiary/aromatic N) is 2. The summed E-state index contributed by atoms with van der Waals surface area (Å²) in [4.78, 5) is 28.6. The van der Waals surface area contributed by atoms with Crippen LogP contribution in [0.1, 0.15) is 18.5 Å². The number of carboxylic acids is 1. The maximum Gasteiger partial charge on any atom is 0.317 e. The van der Waals surface area contributed by atoms with E-state index < -0.39 is 11.4 Å². The SMILES string of the molecule is CN(CCc1ccccn1)C(=O)NCC1(C(=O)O)CC1. The Bertz CT molecular complexity index is 486. The van der Waals surface area contributed by atoms with E-state index in [-0.39, 0.29) is 12.6 Å². The van der Waals surface area contributed by atoms with E-state index >= 15 is 0 Å². The fraction of sp³-hybridized carbons (Fsp3) is 0.500. The van der Waals surface area contributed by atoms with E-state index in [4.69, 9.17) is 5.11 Å². The first-order chi connectivity index (χ1) is 9.53. The summed E-state index contributed by atoms with van der Waals surface area (Å²) in [5.74, 6) is -0.825. The van der Waals surface area contributed by atoms with Gasteiger partial charge in [0, 0.05) is 38.4 Å². The number of pyridine rings is 1. The third-order valence-electron chi connectivity index (χ3n) is 3.66. The molecule has 6 nitrogen and oxygen atoms in total. The van der Waals surface area contributed by atoms with Crippen molar-refractivity contribution in [3.8, 4) is 0 Å². The molecule has 0 bridgehead atoms. The van der Waals surface area contributed by atoms with Crippen molar-refractivity contribution < 1.29 is 14.7 Å². The van der Waals surface area contributed by atoms with Crippen LogP contribution in [0, 0.1) is 5.41 Å². The third kappa shape index (κ3) is 3.46. The molecule has 1 saturated carbocycles. The number of amides is 2. The summed E-state index contributed by atoms with van der Waals surface area (Å²) in [6, 6.07) is 5.43. The lowest BCUT2D eigenvalue weighted by Crippen LogP contribution is -2.42. The number of hydrogen-bond acceptors (Lipinski definition) is 3. The summed E-state index contributed by atoms with van der Waals surface area (Å²) in [7, 11) is 1.69. The Morgan fingerprint density at radius 3 is 2.75 bits per heavy atom. The number of aliphatic carboxylic acids is 1. The highest BCUT2D eigenvalue weighted by molar-refractivity contribution is 5.80. The van der Waals surface area contributed by atoms with E-state index in [1.807, 2.05) is 18.2 Å². The van der Waals surface area contributed by atoms with Gasteiger partial charge in [-0.3, -0.25) is 9.78 Å². The second-order valence-corrected chi connectivity index (χ2v) is 5.24. The zero-order valence-corrected chi connectivity index (χ0v) is 11.5. The molecule has 0 radical (unpaired) electrons. The molecule has 1 aromatic heterocycles. The Hall–Kier alpha value is -2.11. The minimum absolute atomic E-state index is 0.203. The Morgan fingerprint density at radius 2 is 2.20 bits per heavy atom. The van der Waals surface area contributed by atoms with Crippen LogP contribution in [-0.4, -0.2) is 47.1 Å². The highest BCUT2D eigenvalue weighted by atomic mass is 16.4. The molecule has 1 aromatic rings. The van der Waals surface area contributed by atoms with Crippen LogP contribution in [0.4, 0.5) is 4.79 Å². The normalized spacial score (nSPS) is 15.4. The van der Waals surface area contributed by atoms with Crippen molar-refractivity contribution in [3.05, 3.63) is 30.1 Å². The molecule has 0 atom stereocenters. The van der Waals surface area contributed by atoms with Gasteiger partial charge < -0.3 is 15.3 Å². The monoisotopic (exact) mass is 277 g/mol. The molecule has 6 heteroatoms. The molecule has 2 N–H and O–H groups in total. The van der Waals surface area contributed by atoms with Gasteiger partial charge in [0.2, 0.25) is 0 Å². The van der Waals surface area contributed by atoms with E-state index in [9.17, 15) is 9.59 Å². The largest absolute Gasteiger partial charge is 0.481 e. The van der Waals surface area contributed by atoms with Crippen LogP contribution in [0.3, 0.4) is 0 Å². The summed E-state index contributed by atoms with van der Waals surface area (Å²) in [6.45, 7) is 0.748. The number of hydrogen-bond donors (Lipinski definition) is 2. The molecule has 0 saturated heterocycles. The fourth-order valence-corrected chi connectivity index (χ4v) is 1.93. The molecule has 2 rings (SSSR count). The van der Waals surface area contributed by atoms with E-state index in [2.05, 4.69) is 10.3 Å². The molecular formula is C14H19N3O3. The van der Waals surface area contributed by atoms with Gasteiger partial charge in [-0.05, 0) is 25.0 Å². The fourth-order valence-electron chi connectivity index (χ4n) is 1.93. The summed E-state index contributed by atoms with van der Waals surface area (Å²) < 4.78 is 0. The van der Waals surface area contributed by atoms with E-state index in [0.29, 0.717) is 25.8 Å². The van der Waals surface area contributed by atoms with Crippen molar-refractivity contribution in [2.45, 2.75) is 19.3 Å². The van der Waals surface area contributed by atoms with E-state index in [0.717, 1.165) is 5.69 Å². The zero-order chi connectivity index (χ0) is 14.6. The average Bonchev–Trinajstić information content (AvgIpc) is 3.24. The molecule has 108 valence electrons. The predicted molar refractivity (Wildman–Crippen MR) is 73.3 cm³/mol. The van der Waals surface area contributed by atoms with Gasteiger partial charge >= 0.3 is 12.0 Å². The number of carboxylic acid groups (broad SMARTS) is 1. The predicted octanol–water partition coefficient (Wildman–Crippen LogP) is 1.13. The van der Waals surface area contributed by atoms with Crippen molar-refractivity contribution in [2.24, 2.45) is 5.41 Å². The Labute approximate surface area is 117 Å². The number of likely N-dealkylation sites (N-methyl/N-ethyl adjacent to an activating group) is 1. The Morgan fingerprint density at radius 1 is 1.45 bits per heavy atom. The van der Waals surface area contributed by atoms with Crippen LogP contribution in [0.2, 0.25) is 0 Å². The molecule has 1 fully saturated rings. The lowest BCUT2D eigenvalue weighted by molar-refractivity contribution is -0.143. The van der Waals surface area contributed by atoms with Crippen molar-refractivity contribution >= 4 is 12.0 Å². The summed E-state index contributed by atoms with van der Waals surface area (Å²) in [5.41, 5.74) is 0.202. The van der Waals surface area contributed by atoms with Gasteiger partial charge in [-0.1, -0.05) is 6.07 Å². The second kappa shape index (κ2) is 5.90. The highest BCUT2D eigenvalue weighted by Gasteiger charge is 2.50. The molecule has 0 aromatic carbocycles. The highest BCUT2D eigenvalue weighted by Crippen LogP contribution is 2.45. The smallest absolute Gasteiger partial charge is 0.317 e. The molecule has 1 aliphatic carbocycles. The van der Waals surface area contributed by atoms with Crippen LogP contribution in [0.25, 0.3) is 0 Å². The van der Waals surface area contributed by atoms with Gasteiger partial charge in [-0.15, -0.1) is 0 Å². The van der Waals surface area contributed by atoms with Gasteiger partial charge in [0.25, 0.3) is 0 Å². The van der Waals surface area contributed by atoms with Crippen molar-refractivity contribution in [3.63, 3.8) is 0 Å². The van der Waals surface area contributed by atoms with Crippen LogP contribution >= 0.6 is 0 Å². The quantitative estimate of drug-likeness (QED) is 0.816. The molecule has 1 aliphatic rings. The van der Waals surface area contributed by atoms with Crippen molar-refractivity contribution in [1.29, 1.82) is 0 Å². The molecule has 1 heterocycles. The summed E-state index contributed by atoms with van der Waals surface area (Å²) in [5, 5.41) is 11.7. The molecule has 20 heavy (non-hydrogen) atoms. The number of aromatic nitrogens is 1. The third-order valence-corrected chi connectivity index (χ3v) is 3.66. The van der Waals surface area contributed by atoms with Crippen LogP contribution < -0.4 is 5.32 Å². The first kappa shape index (κ1) is 14.3. The van der Waals surface area contributed by atoms with Crippen molar-refractivity contribution in [2.75, 3.05) is 20.1 Å². The zero-order valence-electron chi connectivity index (χ0n) is 11.5. The minimum Gasteiger partial charge on any atom is -0.481 e. The number of rotatable bonds is 6. The first-order valence-corrected chi connectivity index (χ1v) is 6.66. The maximum atomic E-state index is 11.9. The molecular weight excluding hydrogens is 258 g/mol.